The lowest BCUT2D eigenvalue weighted by atomic mass is 10.1. The molecule has 5 heteroatoms. The van der Waals surface area contributed by atoms with Gasteiger partial charge < -0.3 is 10.3 Å². The highest BCUT2D eigenvalue weighted by molar-refractivity contribution is 5.93. The highest BCUT2D eigenvalue weighted by Crippen LogP contribution is 2.22. The van der Waals surface area contributed by atoms with E-state index in [1.165, 1.54) is 12.0 Å². The maximum atomic E-state index is 12.0. The molecule has 1 saturated heterocycles. The Labute approximate surface area is 142 Å². The van der Waals surface area contributed by atoms with Crippen LogP contribution in [-0.2, 0) is 19.4 Å². The molecule has 1 fully saturated rings. The molecule has 2 N–H and O–H groups in total. The zero-order valence-corrected chi connectivity index (χ0v) is 13.9. The largest absolute Gasteiger partial charge is 0.351 e. The van der Waals surface area contributed by atoms with E-state index >= 15 is 0 Å². The number of carbonyl (C=O) groups is 1. The number of amides is 1. The molecule has 2 aromatic rings. The summed E-state index contributed by atoms with van der Waals surface area (Å²) in [6, 6.07) is 10.6. The van der Waals surface area contributed by atoms with Gasteiger partial charge >= 0.3 is 0 Å². The normalized spacial score (nSPS) is 21.3. The van der Waals surface area contributed by atoms with Crippen molar-refractivity contribution in [3.63, 3.8) is 0 Å². The van der Waals surface area contributed by atoms with E-state index in [0.29, 0.717) is 11.6 Å². The predicted molar refractivity (Wildman–Crippen MR) is 92.8 cm³/mol. The van der Waals surface area contributed by atoms with Crippen LogP contribution in [0.25, 0.3) is 0 Å². The molecule has 126 valence electrons. The molecule has 0 bridgehead atoms. The van der Waals surface area contributed by atoms with Crippen LogP contribution in [0.15, 0.2) is 30.3 Å². The molecule has 0 unspecified atom stereocenters. The van der Waals surface area contributed by atoms with Gasteiger partial charge in [0.25, 0.3) is 5.91 Å². The Bertz CT molecular complexity index is 709. The van der Waals surface area contributed by atoms with Crippen LogP contribution in [0, 0.1) is 5.92 Å². The van der Waals surface area contributed by atoms with Crippen LogP contribution in [-0.4, -0.2) is 40.4 Å². The number of carbonyl (C=O) groups excluding carboxylic acids is 1. The fourth-order valence-corrected chi connectivity index (χ4v) is 3.82. The maximum Gasteiger partial charge on any atom is 0.271 e. The molecule has 0 aliphatic carbocycles. The third-order valence-corrected chi connectivity index (χ3v) is 5.03. The Kier molecular flexibility index (Phi) is 4.34. The van der Waals surface area contributed by atoms with E-state index in [1.54, 1.807) is 0 Å². The van der Waals surface area contributed by atoms with Crippen molar-refractivity contribution in [3.8, 4) is 0 Å². The average Bonchev–Trinajstić information content (AvgIpc) is 3.16. The van der Waals surface area contributed by atoms with E-state index < -0.39 is 0 Å². The van der Waals surface area contributed by atoms with E-state index in [-0.39, 0.29) is 5.91 Å². The lowest BCUT2D eigenvalue weighted by Crippen LogP contribution is -2.23. The van der Waals surface area contributed by atoms with Crippen molar-refractivity contribution >= 4 is 5.91 Å². The van der Waals surface area contributed by atoms with Crippen molar-refractivity contribution in [1.29, 1.82) is 0 Å². The molecule has 1 aromatic carbocycles. The second kappa shape index (κ2) is 6.77. The molecular formula is C19H24N4O. The number of benzene rings is 1. The fourth-order valence-electron chi connectivity index (χ4n) is 3.82. The molecule has 2 aliphatic heterocycles. The van der Waals surface area contributed by atoms with Crippen LogP contribution in [0.3, 0.4) is 0 Å². The van der Waals surface area contributed by atoms with Gasteiger partial charge in [-0.25, -0.2) is 4.98 Å². The Morgan fingerprint density at radius 3 is 3.00 bits per heavy atom. The van der Waals surface area contributed by atoms with Gasteiger partial charge in [0.15, 0.2) is 0 Å². The fraction of sp³-hybridized carbons (Fsp3) is 0.474. The highest BCUT2D eigenvalue weighted by atomic mass is 16.1. The molecule has 1 atom stereocenters. The van der Waals surface area contributed by atoms with Gasteiger partial charge in [0, 0.05) is 31.7 Å². The third kappa shape index (κ3) is 3.36. The number of aromatic nitrogens is 2. The molecule has 3 heterocycles. The molecule has 1 aromatic heterocycles. The number of rotatable bonds is 4. The van der Waals surface area contributed by atoms with E-state index in [0.717, 1.165) is 57.0 Å². The van der Waals surface area contributed by atoms with Crippen LogP contribution in [0.5, 0.6) is 0 Å². The number of aromatic amines is 1. The topological polar surface area (TPSA) is 61.0 Å². The molecule has 5 nitrogen and oxygen atoms in total. The zero-order chi connectivity index (χ0) is 16.4. The third-order valence-electron chi connectivity index (χ3n) is 5.03. The van der Waals surface area contributed by atoms with Crippen LogP contribution >= 0.6 is 0 Å². The molecule has 24 heavy (non-hydrogen) atoms. The monoisotopic (exact) mass is 324 g/mol. The van der Waals surface area contributed by atoms with Gasteiger partial charge in [-0.2, -0.15) is 0 Å². The van der Waals surface area contributed by atoms with Gasteiger partial charge in [0.05, 0.1) is 0 Å². The first-order valence-corrected chi connectivity index (χ1v) is 8.90. The maximum absolute atomic E-state index is 12.0. The van der Waals surface area contributed by atoms with Crippen molar-refractivity contribution in [2.24, 2.45) is 5.92 Å². The van der Waals surface area contributed by atoms with Crippen molar-refractivity contribution in [3.05, 3.63) is 53.1 Å². The molecule has 0 saturated carbocycles. The van der Waals surface area contributed by atoms with Crippen LogP contribution in [0.2, 0.25) is 0 Å². The summed E-state index contributed by atoms with van der Waals surface area (Å²) in [6.07, 6.45) is 4.02. The molecule has 0 spiro atoms. The van der Waals surface area contributed by atoms with Crippen LogP contribution in [0.4, 0.5) is 0 Å². The van der Waals surface area contributed by atoms with Crippen molar-refractivity contribution in [2.75, 3.05) is 19.6 Å². The van der Waals surface area contributed by atoms with E-state index in [9.17, 15) is 4.79 Å². The quantitative estimate of drug-likeness (QED) is 0.906. The van der Waals surface area contributed by atoms with Crippen LogP contribution in [0.1, 0.15) is 40.4 Å². The number of H-pyrrole nitrogens is 1. The van der Waals surface area contributed by atoms with Crippen molar-refractivity contribution in [1.82, 2.24) is 20.2 Å². The van der Waals surface area contributed by atoms with Gasteiger partial charge in [-0.3, -0.25) is 9.69 Å². The van der Waals surface area contributed by atoms with Gasteiger partial charge in [-0.1, -0.05) is 30.3 Å². The number of nitrogens with zero attached hydrogens (tertiary/aromatic N) is 2. The number of nitrogens with one attached hydrogen (secondary N) is 2. The number of hydrogen-bond donors (Lipinski definition) is 2. The predicted octanol–water partition coefficient (Wildman–Crippen LogP) is 2.15. The number of hydrogen-bond acceptors (Lipinski definition) is 3. The van der Waals surface area contributed by atoms with E-state index in [1.807, 2.05) is 0 Å². The first-order valence-electron chi connectivity index (χ1n) is 8.90. The molecule has 4 rings (SSSR count). The minimum Gasteiger partial charge on any atom is -0.351 e. The van der Waals surface area contributed by atoms with Crippen LogP contribution < -0.4 is 5.32 Å². The Morgan fingerprint density at radius 1 is 1.25 bits per heavy atom. The second-order valence-corrected chi connectivity index (χ2v) is 6.95. The number of imidazole rings is 1. The molecule has 0 radical (unpaired) electrons. The molecule has 2 aliphatic rings. The summed E-state index contributed by atoms with van der Waals surface area (Å²) < 4.78 is 0. The number of aryl methyl sites for hydroxylation is 1. The highest BCUT2D eigenvalue weighted by Gasteiger charge is 2.25. The summed E-state index contributed by atoms with van der Waals surface area (Å²) in [5, 5.41) is 2.91. The second-order valence-electron chi connectivity index (χ2n) is 6.95. The SMILES string of the molecule is O=C1NCCCc2[nH]c(C[C@@H]3CCN(Cc4ccccc4)C3)nc21. The van der Waals surface area contributed by atoms with Crippen molar-refractivity contribution < 1.29 is 4.79 Å². The Morgan fingerprint density at radius 2 is 2.12 bits per heavy atom. The summed E-state index contributed by atoms with van der Waals surface area (Å²) in [5.41, 5.74) is 3.00. The summed E-state index contributed by atoms with van der Waals surface area (Å²) in [4.78, 5) is 22.5. The summed E-state index contributed by atoms with van der Waals surface area (Å²) in [7, 11) is 0. The minimum absolute atomic E-state index is 0.0258. The van der Waals surface area contributed by atoms with Crippen molar-refractivity contribution in [2.45, 2.75) is 32.2 Å². The lowest BCUT2D eigenvalue weighted by molar-refractivity contribution is 0.0951. The lowest BCUT2D eigenvalue weighted by Gasteiger charge is -2.15. The van der Waals surface area contributed by atoms with Gasteiger partial charge in [0.1, 0.15) is 11.5 Å². The summed E-state index contributed by atoms with van der Waals surface area (Å²) in [5.74, 6) is 1.57. The Hall–Kier alpha value is -2.14. The summed E-state index contributed by atoms with van der Waals surface area (Å²) >= 11 is 0. The Balaban J connectivity index is 1.37. The zero-order valence-electron chi connectivity index (χ0n) is 13.9. The average molecular weight is 324 g/mol. The first kappa shape index (κ1) is 15.4. The van der Waals surface area contributed by atoms with Gasteiger partial charge in [-0.15, -0.1) is 0 Å². The first-order chi connectivity index (χ1) is 11.8. The van der Waals surface area contributed by atoms with E-state index in [2.05, 4.69) is 50.5 Å². The smallest absolute Gasteiger partial charge is 0.271 e. The number of likely N-dealkylation sites (tertiary alicyclic amines) is 1. The summed E-state index contributed by atoms with van der Waals surface area (Å²) in [6.45, 7) is 4.01. The number of fused-ring (bicyclic) bond motifs is 1. The van der Waals surface area contributed by atoms with Gasteiger partial charge in [0.2, 0.25) is 0 Å². The standard InChI is InChI=1S/C19H24N4O/c24-19-18-16(7-4-9-20-19)21-17(22-18)11-15-8-10-23(13-15)12-14-5-2-1-3-6-14/h1-3,5-6,15H,4,7-13H2,(H,20,24)(H,21,22)/t15-/m0/s1. The van der Waals surface area contributed by atoms with E-state index in [4.69, 9.17) is 0 Å². The van der Waals surface area contributed by atoms with Gasteiger partial charge in [-0.05, 0) is 37.3 Å². The minimum atomic E-state index is -0.0258. The molecule has 1 amide bonds. The molecular weight excluding hydrogens is 300 g/mol.